The van der Waals surface area contributed by atoms with Crippen LogP contribution in [-0.4, -0.2) is 11.1 Å². The second kappa shape index (κ2) is 6.17. The van der Waals surface area contributed by atoms with Gasteiger partial charge in [0.1, 0.15) is 6.61 Å². The van der Waals surface area contributed by atoms with Crippen LogP contribution in [0.3, 0.4) is 0 Å². The molecule has 0 saturated heterocycles. The van der Waals surface area contributed by atoms with Crippen molar-refractivity contribution >= 4 is 11.8 Å². The molecule has 1 N–H and O–H groups in total. The predicted octanol–water partition coefficient (Wildman–Crippen LogP) is 2.70. The van der Waals surface area contributed by atoms with E-state index in [1.165, 1.54) is 0 Å². The third-order valence-corrected chi connectivity index (χ3v) is 2.35. The van der Waals surface area contributed by atoms with E-state index in [0.29, 0.717) is 11.3 Å². The molecule has 5 nitrogen and oxygen atoms in total. The molecular weight excluding hydrogens is 242 g/mol. The lowest BCUT2D eigenvalue weighted by Gasteiger charge is -2.06. The first-order chi connectivity index (χ1) is 9.28. The SMILES string of the molecule is N#Cc1ccc(NC(=O)OCc2cccnc2)cc1. The highest BCUT2D eigenvalue weighted by Gasteiger charge is 2.03. The molecule has 2 rings (SSSR count). The molecule has 0 spiro atoms. The van der Waals surface area contributed by atoms with Crippen molar-refractivity contribution in [2.45, 2.75) is 6.61 Å². The van der Waals surface area contributed by atoms with Crippen LogP contribution >= 0.6 is 0 Å². The molecule has 5 heteroatoms. The Hall–Kier alpha value is -2.87. The normalized spacial score (nSPS) is 9.42. The number of carbonyl (C=O) groups excluding carboxylic acids is 1. The highest BCUT2D eigenvalue weighted by Crippen LogP contribution is 2.09. The number of rotatable bonds is 3. The first-order valence-electron chi connectivity index (χ1n) is 5.61. The van der Waals surface area contributed by atoms with E-state index in [1.807, 2.05) is 12.1 Å². The zero-order valence-electron chi connectivity index (χ0n) is 10.0. The average Bonchev–Trinajstić information content (AvgIpc) is 2.47. The fourth-order valence-electron chi connectivity index (χ4n) is 1.41. The Morgan fingerprint density at radius 3 is 2.74 bits per heavy atom. The number of carbonyl (C=O) groups is 1. The molecular formula is C14H11N3O2. The summed E-state index contributed by atoms with van der Waals surface area (Å²) in [6.07, 6.45) is 2.74. The summed E-state index contributed by atoms with van der Waals surface area (Å²) in [6, 6.07) is 12.1. The highest BCUT2D eigenvalue weighted by molar-refractivity contribution is 5.84. The number of amides is 1. The third kappa shape index (κ3) is 3.82. The molecule has 0 bridgehead atoms. The molecule has 0 fully saturated rings. The lowest BCUT2D eigenvalue weighted by atomic mass is 10.2. The molecule has 1 aromatic heterocycles. The van der Waals surface area contributed by atoms with Crippen LogP contribution in [-0.2, 0) is 11.3 Å². The van der Waals surface area contributed by atoms with Gasteiger partial charge in [-0.3, -0.25) is 10.3 Å². The largest absolute Gasteiger partial charge is 0.444 e. The Morgan fingerprint density at radius 1 is 1.32 bits per heavy atom. The molecule has 94 valence electrons. The van der Waals surface area contributed by atoms with Crippen molar-refractivity contribution in [3.63, 3.8) is 0 Å². The maximum absolute atomic E-state index is 11.5. The summed E-state index contributed by atoms with van der Waals surface area (Å²) >= 11 is 0. The van der Waals surface area contributed by atoms with E-state index in [9.17, 15) is 4.79 Å². The number of nitrogens with zero attached hydrogens (tertiary/aromatic N) is 2. The van der Waals surface area contributed by atoms with Gasteiger partial charge in [0.05, 0.1) is 11.6 Å². The van der Waals surface area contributed by atoms with Crippen molar-refractivity contribution in [1.82, 2.24) is 4.98 Å². The van der Waals surface area contributed by atoms with Crippen molar-refractivity contribution in [2.24, 2.45) is 0 Å². The van der Waals surface area contributed by atoms with E-state index >= 15 is 0 Å². The second-order valence-corrected chi connectivity index (χ2v) is 3.75. The van der Waals surface area contributed by atoms with Gasteiger partial charge in [-0.25, -0.2) is 4.79 Å². The fourth-order valence-corrected chi connectivity index (χ4v) is 1.41. The summed E-state index contributed by atoms with van der Waals surface area (Å²) < 4.78 is 5.03. The van der Waals surface area contributed by atoms with Crippen molar-refractivity contribution in [3.8, 4) is 6.07 Å². The van der Waals surface area contributed by atoms with Crippen molar-refractivity contribution < 1.29 is 9.53 Å². The summed E-state index contributed by atoms with van der Waals surface area (Å²) in [5.41, 5.74) is 1.93. The van der Waals surface area contributed by atoms with Gasteiger partial charge < -0.3 is 4.74 Å². The smallest absolute Gasteiger partial charge is 0.411 e. The van der Waals surface area contributed by atoms with Crippen LogP contribution in [0.15, 0.2) is 48.8 Å². The van der Waals surface area contributed by atoms with Crippen LogP contribution in [0.1, 0.15) is 11.1 Å². The summed E-state index contributed by atoms with van der Waals surface area (Å²) in [4.78, 5) is 15.4. The molecule has 0 aliphatic rings. The van der Waals surface area contributed by atoms with Crippen molar-refractivity contribution in [3.05, 3.63) is 59.9 Å². The second-order valence-electron chi connectivity index (χ2n) is 3.75. The molecule has 0 atom stereocenters. The van der Waals surface area contributed by atoms with E-state index in [0.717, 1.165) is 5.56 Å². The minimum absolute atomic E-state index is 0.163. The van der Waals surface area contributed by atoms with Gasteiger partial charge in [-0.05, 0) is 30.3 Å². The number of aromatic nitrogens is 1. The summed E-state index contributed by atoms with van der Waals surface area (Å²) in [5, 5.41) is 11.2. The van der Waals surface area contributed by atoms with Crippen LogP contribution in [0.25, 0.3) is 0 Å². The Balaban J connectivity index is 1.86. The zero-order valence-corrected chi connectivity index (χ0v) is 10.0. The number of nitrogens with one attached hydrogen (secondary N) is 1. The standard InChI is InChI=1S/C14H11N3O2/c15-8-11-3-5-13(6-4-11)17-14(18)19-10-12-2-1-7-16-9-12/h1-7,9H,10H2,(H,17,18). The van der Waals surface area contributed by atoms with Gasteiger partial charge >= 0.3 is 6.09 Å². The molecule has 19 heavy (non-hydrogen) atoms. The summed E-state index contributed by atoms with van der Waals surface area (Å²) in [5.74, 6) is 0. The van der Waals surface area contributed by atoms with Crippen LogP contribution in [0.5, 0.6) is 0 Å². The molecule has 0 aliphatic carbocycles. The van der Waals surface area contributed by atoms with Gasteiger partial charge in [0.15, 0.2) is 0 Å². The van der Waals surface area contributed by atoms with Crippen LogP contribution in [0.2, 0.25) is 0 Å². The Labute approximate surface area is 110 Å². The zero-order chi connectivity index (χ0) is 13.5. The number of pyridine rings is 1. The maximum Gasteiger partial charge on any atom is 0.411 e. The van der Waals surface area contributed by atoms with Crippen LogP contribution in [0, 0.1) is 11.3 Å². The fraction of sp³-hybridized carbons (Fsp3) is 0.0714. The Kier molecular flexibility index (Phi) is 4.09. The van der Waals surface area contributed by atoms with Gasteiger partial charge in [-0.1, -0.05) is 6.07 Å². The molecule has 0 saturated carbocycles. The topological polar surface area (TPSA) is 75.0 Å². The number of hydrogen-bond donors (Lipinski definition) is 1. The van der Waals surface area contributed by atoms with E-state index < -0.39 is 6.09 Å². The van der Waals surface area contributed by atoms with E-state index in [-0.39, 0.29) is 6.61 Å². The molecule has 2 aromatic rings. The van der Waals surface area contributed by atoms with Crippen LogP contribution < -0.4 is 5.32 Å². The third-order valence-electron chi connectivity index (χ3n) is 2.35. The van der Waals surface area contributed by atoms with Gasteiger partial charge in [0, 0.05) is 23.6 Å². The minimum atomic E-state index is -0.548. The lowest BCUT2D eigenvalue weighted by molar-refractivity contribution is 0.155. The first-order valence-corrected chi connectivity index (χ1v) is 5.61. The average molecular weight is 253 g/mol. The van der Waals surface area contributed by atoms with Crippen molar-refractivity contribution in [2.75, 3.05) is 5.32 Å². The van der Waals surface area contributed by atoms with Gasteiger partial charge in [0.2, 0.25) is 0 Å². The van der Waals surface area contributed by atoms with Gasteiger partial charge in [-0.15, -0.1) is 0 Å². The molecule has 1 aromatic carbocycles. The predicted molar refractivity (Wildman–Crippen MR) is 69.2 cm³/mol. The van der Waals surface area contributed by atoms with Crippen LogP contribution in [0.4, 0.5) is 10.5 Å². The quantitative estimate of drug-likeness (QED) is 0.912. The lowest BCUT2D eigenvalue weighted by Crippen LogP contribution is -2.13. The van der Waals surface area contributed by atoms with Gasteiger partial charge in [-0.2, -0.15) is 5.26 Å². The molecule has 0 radical (unpaired) electrons. The highest BCUT2D eigenvalue weighted by atomic mass is 16.5. The summed E-state index contributed by atoms with van der Waals surface area (Å²) in [7, 11) is 0. The van der Waals surface area contributed by atoms with E-state index in [2.05, 4.69) is 10.3 Å². The summed E-state index contributed by atoms with van der Waals surface area (Å²) in [6.45, 7) is 0.163. The molecule has 1 heterocycles. The molecule has 0 aliphatic heterocycles. The number of hydrogen-bond acceptors (Lipinski definition) is 4. The molecule has 1 amide bonds. The van der Waals surface area contributed by atoms with E-state index in [4.69, 9.17) is 10.00 Å². The minimum Gasteiger partial charge on any atom is -0.444 e. The Bertz CT molecular complexity index is 588. The maximum atomic E-state index is 11.5. The monoisotopic (exact) mass is 253 g/mol. The molecule has 0 unspecified atom stereocenters. The first kappa shape index (κ1) is 12.6. The number of benzene rings is 1. The van der Waals surface area contributed by atoms with E-state index in [1.54, 1.807) is 42.7 Å². The number of nitriles is 1. The Morgan fingerprint density at radius 2 is 2.11 bits per heavy atom. The number of anilines is 1. The number of ether oxygens (including phenoxy) is 1. The van der Waals surface area contributed by atoms with Gasteiger partial charge in [0.25, 0.3) is 0 Å². The van der Waals surface area contributed by atoms with Crippen molar-refractivity contribution in [1.29, 1.82) is 5.26 Å².